The van der Waals surface area contributed by atoms with Gasteiger partial charge in [0, 0.05) is 18.9 Å². The number of hydrogen-bond acceptors (Lipinski definition) is 5. The number of rotatable bonds is 5. The molecular formula is C10H14N4O3S. The minimum atomic E-state index is -3.58. The van der Waals surface area contributed by atoms with E-state index < -0.39 is 10.0 Å². The first-order valence-corrected chi connectivity index (χ1v) is 6.89. The topological polar surface area (TPSA) is 90.0 Å². The van der Waals surface area contributed by atoms with Crippen molar-refractivity contribution in [3.8, 4) is 0 Å². The molecule has 2 rings (SSSR count). The molecule has 0 saturated carbocycles. The first kappa shape index (κ1) is 12.8. The minimum absolute atomic E-state index is 0.114. The second kappa shape index (κ2) is 4.91. The second-order valence-corrected chi connectivity index (χ2v) is 5.52. The van der Waals surface area contributed by atoms with Crippen LogP contribution in [0.4, 0.5) is 0 Å². The lowest BCUT2D eigenvalue weighted by Gasteiger charge is -2.06. The van der Waals surface area contributed by atoms with Crippen LogP contribution in [-0.4, -0.2) is 29.9 Å². The zero-order valence-electron chi connectivity index (χ0n) is 10.1. The van der Waals surface area contributed by atoms with E-state index in [9.17, 15) is 8.42 Å². The molecule has 0 spiro atoms. The average Bonchev–Trinajstić information content (AvgIpc) is 2.89. The van der Waals surface area contributed by atoms with Crippen molar-refractivity contribution >= 4 is 10.0 Å². The zero-order chi connectivity index (χ0) is 13.2. The molecule has 98 valence electrons. The average molecular weight is 270 g/mol. The lowest BCUT2D eigenvalue weighted by atomic mass is 10.4. The molecule has 0 unspecified atom stereocenters. The molecule has 0 amide bonds. The first-order chi connectivity index (χ1) is 8.50. The molecule has 1 N–H and O–H groups in total. The molecule has 8 heteroatoms. The molecule has 0 aliphatic carbocycles. The van der Waals surface area contributed by atoms with E-state index in [1.165, 1.54) is 0 Å². The standard InChI is InChI=1S/C10H14N4O3S/c1-8-10(9(2)17-13-8)18(15,16)12-5-7-14-6-3-4-11-14/h3-4,6,12H,5,7H2,1-2H3. The van der Waals surface area contributed by atoms with E-state index in [2.05, 4.69) is 15.0 Å². The van der Waals surface area contributed by atoms with Crippen LogP contribution < -0.4 is 4.72 Å². The molecule has 0 bridgehead atoms. The lowest BCUT2D eigenvalue weighted by molar-refractivity contribution is 0.390. The van der Waals surface area contributed by atoms with Gasteiger partial charge in [-0.1, -0.05) is 5.16 Å². The van der Waals surface area contributed by atoms with E-state index in [0.717, 1.165) is 0 Å². The van der Waals surface area contributed by atoms with Crippen molar-refractivity contribution in [1.82, 2.24) is 19.7 Å². The van der Waals surface area contributed by atoms with E-state index in [-0.39, 0.29) is 11.4 Å². The molecule has 0 fully saturated rings. The highest BCUT2D eigenvalue weighted by Gasteiger charge is 2.23. The van der Waals surface area contributed by atoms with Gasteiger partial charge in [-0.05, 0) is 19.9 Å². The van der Waals surface area contributed by atoms with Crippen LogP contribution >= 0.6 is 0 Å². The van der Waals surface area contributed by atoms with Crippen LogP contribution in [0.1, 0.15) is 11.5 Å². The number of aromatic nitrogens is 3. The van der Waals surface area contributed by atoms with Crippen molar-refractivity contribution in [2.45, 2.75) is 25.3 Å². The third kappa shape index (κ3) is 2.59. The van der Waals surface area contributed by atoms with Crippen molar-refractivity contribution < 1.29 is 12.9 Å². The maximum absolute atomic E-state index is 12.0. The summed E-state index contributed by atoms with van der Waals surface area (Å²) in [5.41, 5.74) is 0.360. The van der Waals surface area contributed by atoms with E-state index in [4.69, 9.17) is 4.52 Å². The number of hydrogen-bond donors (Lipinski definition) is 1. The molecular weight excluding hydrogens is 256 g/mol. The van der Waals surface area contributed by atoms with Gasteiger partial charge >= 0.3 is 0 Å². The first-order valence-electron chi connectivity index (χ1n) is 5.40. The van der Waals surface area contributed by atoms with Crippen LogP contribution in [-0.2, 0) is 16.6 Å². The monoisotopic (exact) mass is 270 g/mol. The summed E-state index contributed by atoms with van der Waals surface area (Å²) < 4.78 is 33.0. The predicted octanol–water partition coefficient (Wildman–Crippen LogP) is 0.466. The fourth-order valence-electron chi connectivity index (χ4n) is 1.66. The van der Waals surface area contributed by atoms with Crippen molar-refractivity contribution in [2.75, 3.05) is 6.54 Å². The molecule has 2 aromatic heterocycles. The van der Waals surface area contributed by atoms with Crippen molar-refractivity contribution in [3.05, 3.63) is 29.9 Å². The Morgan fingerprint density at radius 3 is 2.78 bits per heavy atom. The van der Waals surface area contributed by atoms with Gasteiger partial charge in [0.25, 0.3) is 0 Å². The van der Waals surface area contributed by atoms with Gasteiger partial charge in [-0.3, -0.25) is 4.68 Å². The van der Waals surface area contributed by atoms with Gasteiger partial charge in [0.1, 0.15) is 10.6 Å². The van der Waals surface area contributed by atoms with E-state index >= 15 is 0 Å². The summed E-state index contributed by atoms with van der Waals surface area (Å²) in [5, 5.41) is 7.61. The van der Waals surface area contributed by atoms with E-state index in [1.54, 1.807) is 37.0 Å². The summed E-state index contributed by atoms with van der Waals surface area (Å²) in [6, 6.07) is 1.78. The number of nitrogens with one attached hydrogen (secondary N) is 1. The smallest absolute Gasteiger partial charge is 0.246 e. The molecule has 0 aromatic carbocycles. The quantitative estimate of drug-likeness (QED) is 0.852. The van der Waals surface area contributed by atoms with Gasteiger partial charge in [-0.2, -0.15) is 5.10 Å². The van der Waals surface area contributed by atoms with Crippen molar-refractivity contribution in [3.63, 3.8) is 0 Å². The normalized spacial score (nSPS) is 11.9. The Bertz CT molecular complexity index is 596. The summed E-state index contributed by atoms with van der Waals surface area (Å²) in [4.78, 5) is 0.114. The van der Waals surface area contributed by atoms with E-state index in [1.807, 2.05) is 0 Å². The Balaban J connectivity index is 2.04. The molecule has 0 saturated heterocycles. The largest absolute Gasteiger partial charge is 0.360 e. The Hall–Kier alpha value is -1.67. The Morgan fingerprint density at radius 1 is 1.44 bits per heavy atom. The van der Waals surface area contributed by atoms with Crippen LogP contribution in [0.3, 0.4) is 0 Å². The van der Waals surface area contributed by atoms with Crippen LogP contribution in [0, 0.1) is 13.8 Å². The molecule has 0 radical (unpaired) electrons. The van der Waals surface area contributed by atoms with Gasteiger partial charge in [0.2, 0.25) is 10.0 Å². The van der Waals surface area contributed by atoms with Gasteiger partial charge in [-0.15, -0.1) is 0 Å². The Labute approximate surface area is 105 Å². The SMILES string of the molecule is Cc1noc(C)c1S(=O)(=O)NCCn1cccn1. The molecule has 2 aromatic rings. The Kier molecular flexibility index (Phi) is 3.48. The van der Waals surface area contributed by atoms with E-state index in [0.29, 0.717) is 18.0 Å². The summed E-state index contributed by atoms with van der Waals surface area (Å²) in [6.45, 7) is 3.89. The Morgan fingerprint density at radius 2 is 2.22 bits per heavy atom. The predicted molar refractivity (Wildman–Crippen MR) is 63.4 cm³/mol. The van der Waals surface area contributed by atoms with Crippen LogP contribution in [0.2, 0.25) is 0 Å². The molecule has 0 aliphatic rings. The fraction of sp³-hybridized carbons (Fsp3) is 0.400. The highest BCUT2D eigenvalue weighted by atomic mass is 32.2. The highest BCUT2D eigenvalue weighted by Crippen LogP contribution is 2.18. The summed E-state index contributed by atoms with van der Waals surface area (Å²) in [5.74, 6) is 0.291. The van der Waals surface area contributed by atoms with Crippen LogP contribution in [0.25, 0.3) is 0 Å². The molecule has 2 heterocycles. The number of sulfonamides is 1. The van der Waals surface area contributed by atoms with Gasteiger partial charge < -0.3 is 4.52 Å². The minimum Gasteiger partial charge on any atom is -0.360 e. The molecule has 0 atom stereocenters. The molecule has 7 nitrogen and oxygen atoms in total. The van der Waals surface area contributed by atoms with Crippen molar-refractivity contribution in [1.29, 1.82) is 0 Å². The van der Waals surface area contributed by atoms with Crippen LogP contribution in [0.15, 0.2) is 27.9 Å². The summed E-state index contributed by atoms with van der Waals surface area (Å²) >= 11 is 0. The van der Waals surface area contributed by atoms with Gasteiger partial charge in [0.15, 0.2) is 5.76 Å². The number of nitrogens with zero attached hydrogens (tertiary/aromatic N) is 3. The maximum atomic E-state index is 12.0. The summed E-state index contributed by atoms with van der Waals surface area (Å²) in [6.07, 6.45) is 3.41. The van der Waals surface area contributed by atoms with Crippen molar-refractivity contribution in [2.24, 2.45) is 0 Å². The lowest BCUT2D eigenvalue weighted by Crippen LogP contribution is -2.28. The zero-order valence-corrected chi connectivity index (χ0v) is 10.9. The third-order valence-corrected chi connectivity index (χ3v) is 4.13. The molecule has 18 heavy (non-hydrogen) atoms. The molecule has 0 aliphatic heterocycles. The van der Waals surface area contributed by atoms with Gasteiger partial charge in [-0.25, -0.2) is 13.1 Å². The summed E-state index contributed by atoms with van der Waals surface area (Å²) in [7, 11) is -3.58. The second-order valence-electron chi connectivity index (χ2n) is 3.82. The fourth-order valence-corrected chi connectivity index (χ4v) is 3.00. The highest BCUT2D eigenvalue weighted by molar-refractivity contribution is 7.89. The van der Waals surface area contributed by atoms with Gasteiger partial charge in [0.05, 0.1) is 6.54 Å². The third-order valence-electron chi connectivity index (χ3n) is 2.43. The van der Waals surface area contributed by atoms with Crippen LogP contribution in [0.5, 0.6) is 0 Å². The number of aryl methyl sites for hydroxylation is 2. The maximum Gasteiger partial charge on any atom is 0.246 e.